The maximum absolute atomic E-state index is 10.3. The van der Waals surface area contributed by atoms with Gasteiger partial charge in [-0.2, -0.15) is 0 Å². The van der Waals surface area contributed by atoms with Crippen molar-refractivity contribution in [3.05, 3.63) is 51.2 Å². The topological polar surface area (TPSA) is 29.5 Å². The van der Waals surface area contributed by atoms with E-state index in [-0.39, 0.29) is 0 Å². The Kier molecular flexibility index (Phi) is 4.64. The quantitative estimate of drug-likeness (QED) is 0.895. The van der Waals surface area contributed by atoms with Gasteiger partial charge < -0.3 is 9.84 Å². The molecule has 0 saturated carbocycles. The monoisotopic (exact) mass is 282 g/mol. The lowest BCUT2D eigenvalue weighted by molar-refractivity contribution is 0.173. The van der Waals surface area contributed by atoms with E-state index in [2.05, 4.69) is 0 Å². The molecule has 1 aromatic heterocycles. The molecule has 1 N–H and O–H groups in total. The first kappa shape index (κ1) is 13.4. The zero-order valence-electron chi connectivity index (χ0n) is 10.1. The molecule has 0 radical (unpaired) electrons. The van der Waals surface area contributed by atoms with Crippen LogP contribution in [0, 0.1) is 0 Å². The van der Waals surface area contributed by atoms with E-state index in [0.717, 1.165) is 20.5 Å². The van der Waals surface area contributed by atoms with Gasteiger partial charge in [-0.05, 0) is 25.1 Å². The maximum Gasteiger partial charge on any atom is 0.125 e. The second-order valence-corrected chi connectivity index (χ2v) is 5.70. The van der Waals surface area contributed by atoms with Gasteiger partial charge in [-0.15, -0.1) is 11.3 Å². The summed E-state index contributed by atoms with van der Waals surface area (Å²) in [5.41, 5.74) is 0.823. The van der Waals surface area contributed by atoms with Crippen molar-refractivity contribution in [2.75, 3.05) is 6.61 Å². The highest BCUT2D eigenvalue weighted by atomic mass is 35.5. The molecule has 0 spiro atoms. The molecule has 2 aromatic rings. The molecule has 0 aliphatic carbocycles. The molecule has 2 nitrogen and oxygen atoms in total. The molecule has 0 amide bonds. The van der Waals surface area contributed by atoms with Crippen molar-refractivity contribution in [3.63, 3.8) is 0 Å². The molecule has 1 atom stereocenters. The first-order valence-corrected chi connectivity index (χ1v) is 7.04. The molecule has 18 heavy (non-hydrogen) atoms. The van der Waals surface area contributed by atoms with Gasteiger partial charge in [0.1, 0.15) is 5.75 Å². The number of halogens is 1. The lowest BCUT2D eigenvalue weighted by atomic mass is 10.0. The molecule has 1 heterocycles. The molecular weight excluding hydrogens is 268 g/mol. The van der Waals surface area contributed by atoms with E-state index in [0.29, 0.717) is 13.0 Å². The number of thiophene rings is 1. The van der Waals surface area contributed by atoms with Gasteiger partial charge in [0.05, 0.1) is 17.0 Å². The Balaban J connectivity index is 2.15. The summed E-state index contributed by atoms with van der Waals surface area (Å²) in [7, 11) is 0. The zero-order valence-corrected chi connectivity index (χ0v) is 11.7. The molecule has 0 aliphatic heterocycles. The van der Waals surface area contributed by atoms with Crippen LogP contribution in [0.4, 0.5) is 0 Å². The smallest absolute Gasteiger partial charge is 0.125 e. The predicted octanol–water partition coefficient (Wildman–Crippen LogP) is 4.08. The number of hydrogen-bond acceptors (Lipinski definition) is 3. The second kappa shape index (κ2) is 6.23. The van der Waals surface area contributed by atoms with E-state index in [4.69, 9.17) is 16.3 Å². The normalized spacial score (nSPS) is 12.4. The minimum Gasteiger partial charge on any atom is -0.493 e. The molecule has 1 aromatic carbocycles. The van der Waals surface area contributed by atoms with E-state index in [1.54, 1.807) is 0 Å². The molecular formula is C14H15ClO2S. The van der Waals surface area contributed by atoms with Gasteiger partial charge in [-0.3, -0.25) is 0 Å². The fraction of sp³-hybridized carbons (Fsp3) is 0.286. The van der Waals surface area contributed by atoms with E-state index in [1.165, 1.54) is 11.3 Å². The van der Waals surface area contributed by atoms with Crippen LogP contribution in [0.3, 0.4) is 0 Å². The van der Waals surface area contributed by atoms with Crippen molar-refractivity contribution in [1.29, 1.82) is 0 Å². The highest BCUT2D eigenvalue weighted by Gasteiger charge is 2.14. The summed E-state index contributed by atoms with van der Waals surface area (Å²) in [6, 6.07) is 11.4. The number of aliphatic hydroxyl groups is 1. The third-order valence-electron chi connectivity index (χ3n) is 2.60. The van der Waals surface area contributed by atoms with Crippen LogP contribution < -0.4 is 4.74 Å². The van der Waals surface area contributed by atoms with Gasteiger partial charge in [0.25, 0.3) is 0 Å². The molecule has 0 bridgehead atoms. The summed E-state index contributed by atoms with van der Waals surface area (Å²) in [4.78, 5) is 1.07. The SMILES string of the molecule is CCOc1ccccc1C(O)Cc1ccc(Cl)s1. The van der Waals surface area contributed by atoms with Crippen molar-refractivity contribution in [1.82, 2.24) is 0 Å². The van der Waals surface area contributed by atoms with Crippen LogP contribution in [0.5, 0.6) is 5.75 Å². The highest BCUT2D eigenvalue weighted by Crippen LogP contribution is 2.30. The number of para-hydroxylation sites is 1. The lowest BCUT2D eigenvalue weighted by Gasteiger charge is -2.14. The van der Waals surface area contributed by atoms with E-state index >= 15 is 0 Å². The molecule has 0 fully saturated rings. The van der Waals surface area contributed by atoms with Gasteiger partial charge >= 0.3 is 0 Å². The minimum absolute atomic E-state index is 0.557. The molecule has 96 valence electrons. The van der Waals surface area contributed by atoms with E-state index in [1.807, 2.05) is 43.3 Å². The first-order valence-electron chi connectivity index (χ1n) is 5.84. The molecule has 4 heteroatoms. The maximum atomic E-state index is 10.3. The second-order valence-electron chi connectivity index (χ2n) is 3.90. The van der Waals surface area contributed by atoms with Crippen LogP contribution in [-0.4, -0.2) is 11.7 Å². The summed E-state index contributed by atoms with van der Waals surface area (Å²) >= 11 is 7.38. The Morgan fingerprint density at radius 3 is 2.72 bits per heavy atom. The molecule has 1 unspecified atom stereocenters. The summed E-state index contributed by atoms with van der Waals surface area (Å²) in [6.45, 7) is 2.52. The number of rotatable bonds is 5. The van der Waals surface area contributed by atoms with Crippen molar-refractivity contribution in [2.24, 2.45) is 0 Å². The largest absolute Gasteiger partial charge is 0.493 e. The number of hydrogen-bond donors (Lipinski definition) is 1. The highest BCUT2D eigenvalue weighted by molar-refractivity contribution is 7.16. The fourth-order valence-electron chi connectivity index (χ4n) is 1.80. The molecule has 0 aliphatic rings. The van der Waals surface area contributed by atoms with Gasteiger partial charge in [0.15, 0.2) is 0 Å². The van der Waals surface area contributed by atoms with Gasteiger partial charge in [0, 0.05) is 16.9 Å². The van der Waals surface area contributed by atoms with Crippen molar-refractivity contribution < 1.29 is 9.84 Å². The Bertz CT molecular complexity index is 510. The van der Waals surface area contributed by atoms with Crippen molar-refractivity contribution in [3.8, 4) is 5.75 Å². The van der Waals surface area contributed by atoms with Gasteiger partial charge in [0.2, 0.25) is 0 Å². The average Bonchev–Trinajstić information content (AvgIpc) is 2.76. The number of ether oxygens (including phenoxy) is 1. The van der Waals surface area contributed by atoms with Gasteiger partial charge in [-0.25, -0.2) is 0 Å². The van der Waals surface area contributed by atoms with Crippen LogP contribution in [0.2, 0.25) is 4.34 Å². The Hall–Kier alpha value is -1.03. The number of aliphatic hydroxyl groups excluding tert-OH is 1. The standard InChI is InChI=1S/C14H15ClO2S/c1-2-17-13-6-4-3-5-11(13)12(16)9-10-7-8-14(15)18-10/h3-8,12,16H,2,9H2,1H3. The van der Waals surface area contributed by atoms with Crippen LogP contribution in [0.25, 0.3) is 0 Å². The first-order chi connectivity index (χ1) is 8.70. The Morgan fingerprint density at radius 1 is 1.28 bits per heavy atom. The van der Waals surface area contributed by atoms with Crippen LogP contribution in [-0.2, 0) is 6.42 Å². The molecule has 0 saturated heterocycles. The third kappa shape index (κ3) is 3.25. The summed E-state index contributed by atoms with van der Waals surface area (Å²) < 4.78 is 6.26. The summed E-state index contributed by atoms with van der Waals surface area (Å²) in [5.74, 6) is 0.746. The summed E-state index contributed by atoms with van der Waals surface area (Å²) in [6.07, 6.45) is -0.0101. The number of benzene rings is 1. The van der Waals surface area contributed by atoms with Crippen molar-refractivity contribution >= 4 is 22.9 Å². The minimum atomic E-state index is -0.567. The van der Waals surface area contributed by atoms with Crippen molar-refractivity contribution in [2.45, 2.75) is 19.4 Å². The zero-order chi connectivity index (χ0) is 13.0. The lowest BCUT2D eigenvalue weighted by Crippen LogP contribution is -2.04. The average molecular weight is 283 g/mol. The Morgan fingerprint density at radius 2 is 2.06 bits per heavy atom. The summed E-state index contributed by atoms with van der Waals surface area (Å²) in [5, 5.41) is 10.3. The molecule has 2 rings (SSSR count). The van der Waals surface area contributed by atoms with E-state index < -0.39 is 6.10 Å². The Labute approximate surface area is 116 Å². The van der Waals surface area contributed by atoms with Crippen LogP contribution in [0.1, 0.15) is 23.5 Å². The predicted molar refractivity (Wildman–Crippen MR) is 75.6 cm³/mol. The fourth-order valence-corrected chi connectivity index (χ4v) is 2.93. The third-order valence-corrected chi connectivity index (χ3v) is 3.85. The van der Waals surface area contributed by atoms with Crippen LogP contribution >= 0.6 is 22.9 Å². The van der Waals surface area contributed by atoms with Crippen LogP contribution in [0.15, 0.2) is 36.4 Å². The van der Waals surface area contributed by atoms with Gasteiger partial charge in [-0.1, -0.05) is 29.8 Å². The van der Waals surface area contributed by atoms with E-state index in [9.17, 15) is 5.11 Å².